The Labute approximate surface area is 128 Å². The van der Waals surface area contributed by atoms with Gasteiger partial charge < -0.3 is 9.64 Å². The van der Waals surface area contributed by atoms with Crippen LogP contribution in [0.15, 0.2) is 12.1 Å². The highest BCUT2D eigenvalue weighted by Crippen LogP contribution is 2.27. The molecule has 6 heteroatoms. The molecule has 116 valence electrons. The number of carbonyl (C=O) groups excluding carboxylic acids is 1. The quantitative estimate of drug-likeness (QED) is 0.843. The molecule has 1 aromatic carbocycles. The first kappa shape index (κ1) is 14.9. The van der Waals surface area contributed by atoms with Crippen molar-refractivity contribution in [2.75, 3.05) is 39.4 Å². The molecule has 1 aromatic rings. The van der Waals surface area contributed by atoms with Crippen molar-refractivity contribution in [2.24, 2.45) is 0 Å². The van der Waals surface area contributed by atoms with Gasteiger partial charge in [0, 0.05) is 32.7 Å². The SMILES string of the molecule is N#Cc1cc(F)cc2c1C(=O)N(CCCN1CCOCC1)C2. The summed E-state index contributed by atoms with van der Waals surface area (Å²) in [7, 11) is 0. The second kappa shape index (κ2) is 6.42. The number of nitrogens with zero attached hydrogens (tertiary/aromatic N) is 3. The minimum absolute atomic E-state index is 0.135. The summed E-state index contributed by atoms with van der Waals surface area (Å²) < 4.78 is 18.8. The van der Waals surface area contributed by atoms with Gasteiger partial charge in [-0.05, 0) is 24.1 Å². The van der Waals surface area contributed by atoms with E-state index in [0.29, 0.717) is 24.2 Å². The van der Waals surface area contributed by atoms with Gasteiger partial charge in [-0.2, -0.15) is 5.26 Å². The molecule has 0 N–H and O–H groups in total. The average Bonchev–Trinajstić information content (AvgIpc) is 2.84. The number of morpholine rings is 1. The third-order valence-electron chi connectivity index (χ3n) is 4.17. The standard InChI is InChI=1S/C16H18FN3O2/c17-14-8-12(10-18)15-13(9-14)11-20(16(15)21)3-1-2-19-4-6-22-7-5-19/h8-9H,1-7,11H2. The predicted octanol–water partition coefficient (Wildman–Crippen LogP) is 1.38. The van der Waals surface area contributed by atoms with E-state index in [1.807, 2.05) is 6.07 Å². The molecule has 0 spiro atoms. The number of nitriles is 1. The Morgan fingerprint density at radius 1 is 1.27 bits per heavy atom. The number of fused-ring (bicyclic) bond motifs is 1. The fraction of sp³-hybridized carbons (Fsp3) is 0.500. The highest BCUT2D eigenvalue weighted by Gasteiger charge is 2.30. The van der Waals surface area contributed by atoms with Crippen molar-refractivity contribution in [2.45, 2.75) is 13.0 Å². The van der Waals surface area contributed by atoms with Crippen LogP contribution < -0.4 is 0 Å². The summed E-state index contributed by atoms with van der Waals surface area (Å²) >= 11 is 0. The Morgan fingerprint density at radius 3 is 2.77 bits per heavy atom. The lowest BCUT2D eigenvalue weighted by atomic mass is 10.0. The molecule has 0 saturated carbocycles. The zero-order chi connectivity index (χ0) is 15.5. The summed E-state index contributed by atoms with van der Waals surface area (Å²) in [6, 6.07) is 4.41. The van der Waals surface area contributed by atoms with Crippen molar-refractivity contribution < 1.29 is 13.9 Å². The molecule has 0 aromatic heterocycles. The first-order chi connectivity index (χ1) is 10.7. The van der Waals surface area contributed by atoms with Crippen LogP contribution in [0.1, 0.15) is 27.9 Å². The van der Waals surface area contributed by atoms with Gasteiger partial charge in [-0.3, -0.25) is 9.69 Å². The molecule has 0 aliphatic carbocycles. The van der Waals surface area contributed by atoms with Crippen molar-refractivity contribution in [1.29, 1.82) is 5.26 Å². The zero-order valence-corrected chi connectivity index (χ0v) is 12.3. The Hall–Kier alpha value is -1.97. The van der Waals surface area contributed by atoms with Gasteiger partial charge in [0.15, 0.2) is 0 Å². The predicted molar refractivity (Wildman–Crippen MR) is 77.7 cm³/mol. The van der Waals surface area contributed by atoms with E-state index in [4.69, 9.17) is 10.00 Å². The number of amides is 1. The summed E-state index contributed by atoms with van der Waals surface area (Å²) in [5, 5.41) is 9.07. The number of benzene rings is 1. The molecule has 22 heavy (non-hydrogen) atoms. The number of hydrogen-bond donors (Lipinski definition) is 0. The molecule has 5 nitrogen and oxygen atoms in total. The fourth-order valence-electron chi connectivity index (χ4n) is 3.05. The molecule has 2 aliphatic rings. The molecule has 1 saturated heterocycles. The molecular weight excluding hydrogens is 285 g/mol. The van der Waals surface area contributed by atoms with Crippen LogP contribution >= 0.6 is 0 Å². The van der Waals surface area contributed by atoms with Crippen LogP contribution in [0.4, 0.5) is 4.39 Å². The van der Waals surface area contributed by atoms with Gasteiger partial charge in [-0.1, -0.05) is 0 Å². The van der Waals surface area contributed by atoms with Gasteiger partial charge in [0.1, 0.15) is 11.9 Å². The highest BCUT2D eigenvalue weighted by molar-refractivity contribution is 6.00. The van der Waals surface area contributed by atoms with E-state index >= 15 is 0 Å². The van der Waals surface area contributed by atoms with Crippen LogP contribution in [0, 0.1) is 17.1 Å². The monoisotopic (exact) mass is 303 g/mol. The second-order valence-corrected chi connectivity index (χ2v) is 5.63. The van der Waals surface area contributed by atoms with Crippen LogP contribution in [-0.2, 0) is 11.3 Å². The maximum absolute atomic E-state index is 13.5. The molecule has 0 unspecified atom stereocenters. The van der Waals surface area contributed by atoms with Crippen LogP contribution in [0.3, 0.4) is 0 Å². The van der Waals surface area contributed by atoms with E-state index in [1.54, 1.807) is 4.90 Å². The summed E-state index contributed by atoms with van der Waals surface area (Å²) in [5.41, 5.74) is 1.12. The van der Waals surface area contributed by atoms with E-state index in [0.717, 1.165) is 45.3 Å². The van der Waals surface area contributed by atoms with Gasteiger partial charge in [0.2, 0.25) is 0 Å². The van der Waals surface area contributed by atoms with Crippen LogP contribution in [0.2, 0.25) is 0 Å². The van der Waals surface area contributed by atoms with Gasteiger partial charge in [-0.25, -0.2) is 4.39 Å². The van der Waals surface area contributed by atoms with Gasteiger partial charge >= 0.3 is 0 Å². The molecule has 2 heterocycles. The molecule has 3 rings (SSSR count). The van der Waals surface area contributed by atoms with Crippen molar-refractivity contribution in [1.82, 2.24) is 9.80 Å². The molecule has 1 fully saturated rings. The van der Waals surface area contributed by atoms with Gasteiger partial charge in [0.05, 0.1) is 24.3 Å². The minimum Gasteiger partial charge on any atom is -0.379 e. The summed E-state index contributed by atoms with van der Waals surface area (Å²) in [4.78, 5) is 16.4. The molecule has 2 aliphatic heterocycles. The molecule has 1 amide bonds. The van der Waals surface area contributed by atoms with Crippen LogP contribution in [0.25, 0.3) is 0 Å². The second-order valence-electron chi connectivity index (χ2n) is 5.63. The van der Waals surface area contributed by atoms with Gasteiger partial charge in [-0.15, -0.1) is 0 Å². The topological polar surface area (TPSA) is 56.6 Å². The Bertz CT molecular complexity index is 621. The molecular formula is C16H18FN3O2. The lowest BCUT2D eigenvalue weighted by molar-refractivity contribution is 0.0358. The molecule has 0 atom stereocenters. The number of hydrogen-bond acceptors (Lipinski definition) is 4. The first-order valence-electron chi connectivity index (χ1n) is 7.51. The summed E-state index contributed by atoms with van der Waals surface area (Å²) in [6.45, 7) is 5.32. The normalized spacial score (nSPS) is 18.4. The third-order valence-corrected chi connectivity index (χ3v) is 4.17. The van der Waals surface area contributed by atoms with E-state index in [9.17, 15) is 9.18 Å². The van der Waals surface area contributed by atoms with E-state index < -0.39 is 5.82 Å². The first-order valence-corrected chi connectivity index (χ1v) is 7.51. The maximum atomic E-state index is 13.5. The average molecular weight is 303 g/mol. The molecule has 0 radical (unpaired) electrons. The van der Waals surface area contributed by atoms with Crippen molar-refractivity contribution in [3.05, 3.63) is 34.6 Å². The van der Waals surface area contributed by atoms with Crippen molar-refractivity contribution in [3.8, 4) is 6.07 Å². The number of carbonyl (C=O) groups is 1. The Balaban J connectivity index is 1.61. The Kier molecular flexibility index (Phi) is 4.36. The lowest BCUT2D eigenvalue weighted by Gasteiger charge is -2.27. The largest absolute Gasteiger partial charge is 0.379 e. The third kappa shape index (κ3) is 2.96. The van der Waals surface area contributed by atoms with Crippen LogP contribution in [0.5, 0.6) is 0 Å². The van der Waals surface area contributed by atoms with Crippen LogP contribution in [-0.4, -0.2) is 55.1 Å². The Morgan fingerprint density at radius 2 is 2.05 bits per heavy atom. The fourth-order valence-corrected chi connectivity index (χ4v) is 3.05. The summed E-state index contributed by atoms with van der Waals surface area (Å²) in [6.07, 6.45) is 0.865. The number of rotatable bonds is 4. The molecule has 0 bridgehead atoms. The van der Waals surface area contributed by atoms with Crippen molar-refractivity contribution >= 4 is 5.91 Å². The smallest absolute Gasteiger partial charge is 0.255 e. The zero-order valence-electron chi connectivity index (χ0n) is 12.3. The number of ether oxygens (including phenoxy) is 1. The van der Waals surface area contributed by atoms with E-state index in [-0.39, 0.29) is 11.5 Å². The highest BCUT2D eigenvalue weighted by atomic mass is 19.1. The van der Waals surface area contributed by atoms with E-state index in [1.165, 1.54) is 6.07 Å². The minimum atomic E-state index is -0.460. The lowest BCUT2D eigenvalue weighted by Crippen LogP contribution is -2.38. The summed E-state index contributed by atoms with van der Waals surface area (Å²) in [5.74, 6) is -0.619. The van der Waals surface area contributed by atoms with Crippen molar-refractivity contribution in [3.63, 3.8) is 0 Å². The van der Waals surface area contributed by atoms with E-state index in [2.05, 4.69) is 4.90 Å². The maximum Gasteiger partial charge on any atom is 0.255 e. The van der Waals surface area contributed by atoms with Gasteiger partial charge in [0.25, 0.3) is 5.91 Å². The number of halogens is 1.